The van der Waals surface area contributed by atoms with Crippen LogP contribution in [0, 0.1) is 5.82 Å². The standard InChI is InChI=1S/C18H23FN4O4/c1-3-5-10-23-16(20)15(17(25)21-18(23)26)22(4-2)14(24)11-27-13-9-7-6-8-12(13)19/h6-9H,3-5,10-11,20H2,1-2H3,(H,21,25,26). The lowest BCUT2D eigenvalue weighted by Gasteiger charge is -2.23. The van der Waals surface area contributed by atoms with Crippen molar-refractivity contribution < 1.29 is 13.9 Å². The lowest BCUT2D eigenvalue weighted by molar-refractivity contribution is -0.120. The first-order valence-corrected chi connectivity index (χ1v) is 8.70. The Balaban J connectivity index is 2.30. The Morgan fingerprint density at radius 2 is 2.00 bits per heavy atom. The molecule has 1 amide bonds. The summed E-state index contributed by atoms with van der Waals surface area (Å²) in [5.41, 5.74) is 4.52. The molecule has 3 N–H and O–H groups in total. The molecule has 0 unspecified atom stereocenters. The van der Waals surface area contributed by atoms with Crippen molar-refractivity contribution >= 4 is 17.4 Å². The fourth-order valence-electron chi connectivity index (χ4n) is 2.61. The van der Waals surface area contributed by atoms with Crippen LogP contribution in [-0.4, -0.2) is 28.6 Å². The van der Waals surface area contributed by atoms with Gasteiger partial charge < -0.3 is 15.4 Å². The van der Waals surface area contributed by atoms with Crippen LogP contribution >= 0.6 is 0 Å². The van der Waals surface area contributed by atoms with E-state index in [9.17, 15) is 18.8 Å². The number of rotatable bonds is 8. The quantitative estimate of drug-likeness (QED) is 0.723. The number of unbranched alkanes of at least 4 members (excludes halogenated alkanes) is 1. The number of aromatic amines is 1. The van der Waals surface area contributed by atoms with E-state index < -0.39 is 29.6 Å². The fraction of sp³-hybridized carbons (Fsp3) is 0.389. The maximum atomic E-state index is 13.6. The summed E-state index contributed by atoms with van der Waals surface area (Å²) in [6.07, 6.45) is 1.51. The molecule has 0 radical (unpaired) electrons. The van der Waals surface area contributed by atoms with Crippen LogP contribution in [0.1, 0.15) is 26.7 Å². The molecule has 0 saturated carbocycles. The number of hydrogen-bond acceptors (Lipinski definition) is 5. The average Bonchev–Trinajstić information content (AvgIpc) is 2.64. The molecule has 1 heterocycles. The van der Waals surface area contributed by atoms with Crippen molar-refractivity contribution in [2.24, 2.45) is 0 Å². The highest BCUT2D eigenvalue weighted by Gasteiger charge is 2.23. The predicted octanol–water partition coefficient (Wildman–Crippen LogP) is 1.49. The van der Waals surface area contributed by atoms with Gasteiger partial charge in [0, 0.05) is 13.1 Å². The van der Waals surface area contributed by atoms with Crippen LogP contribution in [0.15, 0.2) is 33.9 Å². The van der Waals surface area contributed by atoms with Gasteiger partial charge in [-0.15, -0.1) is 0 Å². The van der Waals surface area contributed by atoms with Gasteiger partial charge in [-0.1, -0.05) is 25.5 Å². The molecule has 146 valence electrons. The van der Waals surface area contributed by atoms with Crippen LogP contribution in [0.3, 0.4) is 0 Å². The van der Waals surface area contributed by atoms with Gasteiger partial charge in [-0.2, -0.15) is 0 Å². The third kappa shape index (κ3) is 4.55. The second kappa shape index (κ2) is 9.02. The summed E-state index contributed by atoms with van der Waals surface area (Å²) in [5, 5.41) is 0. The third-order valence-corrected chi connectivity index (χ3v) is 4.02. The molecular weight excluding hydrogens is 355 g/mol. The van der Waals surface area contributed by atoms with E-state index in [1.165, 1.54) is 22.8 Å². The number of amides is 1. The van der Waals surface area contributed by atoms with Gasteiger partial charge in [-0.05, 0) is 25.5 Å². The number of hydrogen-bond donors (Lipinski definition) is 2. The number of para-hydroxylation sites is 1. The zero-order valence-electron chi connectivity index (χ0n) is 15.3. The Labute approximate surface area is 155 Å². The molecule has 0 fully saturated rings. The molecule has 0 aliphatic rings. The van der Waals surface area contributed by atoms with E-state index in [4.69, 9.17) is 10.5 Å². The number of halogens is 1. The number of anilines is 2. The molecule has 8 nitrogen and oxygen atoms in total. The number of nitrogens with one attached hydrogen (secondary N) is 1. The topological polar surface area (TPSA) is 110 Å². The fourth-order valence-corrected chi connectivity index (χ4v) is 2.61. The first-order chi connectivity index (χ1) is 12.9. The van der Waals surface area contributed by atoms with Crippen molar-refractivity contribution in [3.8, 4) is 5.75 Å². The van der Waals surface area contributed by atoms with Crippen molar-refractivity contribution in [1.82, 2.24) is 9.55 Å². The second-order valence-electron chi connectivity index (χ2n) is 5.86. The third-order valence-electron chi connectivity index (χ3n) is 4.02. The van der Waals surface area contributed by atoms with Crippen LogP contribution in [0.5, 0.6) is 5.75 Å². The zero-order valence-corrected chi connectivity index (χ0v) is 15.3. The number of carbonyl (C=O) groups is 1. The first-order valence-electron chi connectivity index (χ1n) is 8.70. The Bertz CT molecular complexity index is 922. The lowest BCUT2D eigenvalue weighted by atomic mass is 10.3. The van der Waals surface area contributed by atoms with Gasteiger partial charge in [0.2, 0.25) is 0 Å². The van der Waals surface area contributed by atoms with Gasteiger partial charge in [-0.25, -0.2) is 9.18 Å². The molecule has 2 aromatic rings. The predicted molar refractivity (Wildman–Crippen MR) is 101 cm³/mol. The summed E-state index contributed by atoms with van der Waals surface area (Å²) in [6.45, 7) is 3.57. The van der Waals surface area contributed by atoms with Crippen LogP contribution in [0.25, 0.3) is 0 Å². The van der Waals surface area contributed by atoms with Crippen LogP contribution < -0.4 is 26.6 Å². The molecule has 0 bridgehead atoms. The number of likely N-dealkylation sites (N-methyl/N-ethyl adjacent to an activating group) is 1. The average molecular weight is 378 g/mol. The maximum absolute atomic E-state index is 13.6. The van der Waals surface area contributed by atoms with Crippen molar-refractivity contribution in [3.05, 3.63) is 50.9 Å². The van der Waals surface area contributed by atoms with E-state index >= 15 is 0 Å². The van der Waals surface area contributed by atoms with Gasteiger partial charge in [0.25, 0.3) is 11.5 Å². The van der Waals surface area contributed by atoms with Gasteiger partial charge in [0.15, 0.2) is 23.9 Å². The highest BCUT2D eigenvalue weighted by Crippen LogP contribution is 2.19. The van der Waals surface area contributed by atoms with Gasteiger partial charge in [0.1, 0.15) is 5.82 Å². The molecule has 0 saturated heterocycles. The first kappa shape index (κ1) is 20.2. The minimum Gasteiger partial charge on any atom is -0.481 e. The molecule has 0 spiro atoms. The molecule has 0 aliphatic heterocycles. The molecule has 27 heavy (non-hydrogen) atoms. The van der Waals surface area contributed by atoms with Crippen LogP contribution in [0.2, 0.25) is 0 Å². The van der Waals surface area contributed by atoms with Crippen molar-refractivity contribution in [2.45, 2.75) is 33.2 Å². The van der Waals surface area contributed by atoms with Gasteiger partial charge in [0.05, 0.1) is 0 Å². The largest absolute Gasteiger partial charge is 0.481 e. The van der Waals surface area contributed by atoms with E-state index in [0.29, 0.717) is 13.0 Å². The molecule has 2 rings (SSSR count). The van der Waals surface area contributed by atoms with Crippen LogP contribution in [-0.2, 0) is 11.3 Å². The number of nitrogens with zero attached hydrogens (tertiary/aromatic N) is 2. The molecule has 0 atom stereocenters. The lowest BCUT2D eigenvalue weighted by Crippen LogP contribution is -2.42. The molecule has 0 aliphatic carbocycles. The molecular formula is C18H23FN4O4. The minimum atomic E-state index is -0.758. The highest BCUT2D eigenvalue weighted by atomic mass is 19.1. The van der Waals surface area contributed by atoms with E-state index in [2.05, 4.69) is 4.98 Å². The maximum Gasteiger partial charge on any atom is 0.330 e. The van der Waals surface area contributed by atoms with Crippen LogP contribution in [0.4, 0.5) is 15.9 Å². The number of H-pyrrole nitrogens is 1. The number of benzene rings is 1. The highest BCUT2D eigenvalue weighted by molar-refractivity contribution is 5.96. The normalized spacial score (nSPS) is 10.6. The summed E-state index contributed by atoms with van der Waals surface area (Å²) in [7, 11) is 0. The number of nitrogen functional groups attached to an aromatic ring is 1. The Hall–Kier alpha value is -3.10. The van der Waals surface area contributed by atoms with E-state index in [1.807, 2.05) is 6.92 Å². The van der Waals surface area contributed by atoms with E-state index in [1.54, 1.807) is 13.0 Å². The SMILES string of the molecule is CCCCn1c(N)c(N(CC)C(=O)COc2ccccc2F)c(=O)[nH]c1=O. The Morgan fingerprint density at radius 3 is 2.63 bits per heavy atom. The minimum absolute atomic E-state index is 0.0725. The van der Waals surface area contributed by atoms with Crippen molar-refractivity contribution in [3.63, 3.8) is 0 Å². The smallest absolute Gasteiger partial charge is 0.330 e. The van der Waals surface area contributed by atoms with E-state index in [-0.39, 0.29) is 23.8 Å². The second-order valence-corrected chi connectivity index (χ2v) is 5.86. The molecule has 9 heteroatoms. The summed E-state index contributed by atoms with van der Waals surface area (Å²) in [5.74, 6) is -1.34. The number of aromatic nitrogens is 2. The van der Waals surface area contributed by atoms with Crippen molar-refractivity contribution in [2.75, 3.05) is 23.8 Å². The van der Waals surface area contributed by atoms with Gasteiger partial charge >= 0.3 is 5.69 Å². The molecule has 1 aromatic heterocycles. The van der Waals surface area contributed by atoms with E-state index in [0.717, 1.165) is 11.3 Å². The number of carbonyl (C=O) groups excluding carboxylic acids is 1. The monoisotopic (exact) mass is 378 g/mol. The van der Waals surface area contributed by atoms with Crippen molar-refractivity contribution in [1.29, 1.82) is 0 Å². The number of ether oxygens (including phenoxy) is 1. The Morgan fingerprint density at radius 1 is 1.30 bits per heavy atom. The summed E-state index contributed by atoms with van der Waals surface area (Å²) in [6, 6.07) is 5.68. The Kier molecular flexibility index (Phi) is 6.75. The van der Waals surface area contributed by atoms with Gasteiger partial charge in [-0.3, -0.25) is 19.1 Å². The summed E-state index contributed by atoms with van der Waals surface area (Å²) in [4.78, 5) is 40.1. The number of nitrogens with two attached hydrogens (primary N) is 1. The summed E-state index contributed by atoms with van der Waals surface area (Å²) >= 11 is 0. The molecule has 1 aromatic carbocycles. The summed E-state index contributed by atoms with van der Waals surface area (Å²) < 4.78 is 20.1. The zero-order chi connectivity index (χ0) is 20.0.